The lowest BCUT2D eigenvalue weighted by atomic mass is 9.39. The molecule has 2 bridgehead atoms. The van der Waals surface area contributed by atoms with Crippen LogP contribution in [0.2, 0.25) is 10.0 Å². The molecule has 3 fully saturated rings. The Morgan fingerprint density at radius 1 is 1.09 bits per heavy atom. The molecule has 2 N–H and O–H groups in total. The molecule has 170 valence electrons. The number of rotatable bonds is 7. The van der Waals surface area contributed by atoms with Gasteiger partial charge >= 0.3 is 6.18 Å². The normalized spacial score (nSPS) is 23.5. The molecule has 3 saturated carbocycles. The lowest BCUT2D eigenvalue weighted by Crippen LogP contribution is -2.78. The van der Waals surface area contributed by atoms with Crippen LogP contribution in [0.25, 0.3) is 0 Å². The van der Waals surface area contributed by atoms with Crippen LogP contribution in [-0.2, 0) is 22.3 Å². The van der Waals surface area contributed by atoms with Crippen molar-refractivity contribution in [3.63, 3.8) is 0 Å². The minimum absolute atomic E-state index is 0.0859. The number of pyridine rings is 1. The third kappa shape index (κ3) is 4.49. The Kier molecular flexibility index (Phi) is 5.75. The van der Waals surface area contributed by atoms with Gasteiger partial charge in [0, 0.05) is 24.3 Å². The number of carbonyl (C=O) groups is 2. The third-order valence-corrected chi connectivity index (χ3v) is 6.48. The van der Waals surface area contributed by atoms with E-state index in [4.69, 9.17) is 27.9 Å². The summed E-state index contributed by atoms with van der Waals surface area (Å²) >= 11 is 11.7. The van der Waals surface area contributed by atoms with Crippen LogP contribution in [0, 0.1) is 5.41 Å². The Hall–Kier alpha value is -2.52. The summed E-state index contributed by atoms with van der Waals surface area (Å²) in [4.78, 5) is 28.1. The lowest BCUT2D eigenvalue weighted by Gasteiger charge is -2.69. The number of alkyl halides is 3. The molecule has 0 aliphatic heterocycles. The van der Waals surface area contributed by atoms with Crippen LogP contribution in [0.5, 0.6) is 5.75 Å². The predicted molar refractivity (Wildman–Crippen MR) is 110 cm³/mol. The number of hydrogen-bond acceptors (Lipinski definition) is 4. The molecule has 0 spiro atoms. The summed E-state index contributed by atoms with van der Waals surface area (Å²) in [6.07, 6.45) is -1.87. The smallest absolute Gasteiger partial charge is 0.433 e. The van der Waals surface area contributed by atoms with Gasteiger partial charge in [-0.2, -0.15) is 13.2 Å². The first kappa shape index (κ1) is 22.7. The number of halogens is 5. The van der Waals surface area contributed by atoms with E-state index in [1.165, 1.54) is 12.1 Å². The van der Waals surface area contributed by atoms with Crippen LogP contribution >= 0.6 is 23.2 Å². The second-order valence-electron chi connectivity index (χ2n) is 8.24. The minimum atomic E-state index is -4.50. The molecule has 3 aliphatic rings. The number of hydrogen-bond donors (Lipinski definition) is 2. The molecule has 32 heavy (non-hydrogen) atoms. The third-order valence-electron chi connectivity index (χ3n) is 5.75. The van der Waals surface area contributed by atoms with Crippen molar-refractivity contribution in [1.82, 2.24) is 15.6 Å². The SMILES string of the molecule is O=C(COc1ccc(Cl)c(Cl)c1)NC12CC(C(=O)NCc3ccc(C(F)(F)F)nc3)(C1)C2. The molecular weight excluding hydrogens is 470 g/mol. The average Bonchev–Trinajstić information content (AvgIpc) is 2.68. The van der Waals surface area contributed by atoms with Crippen LogP contribution in [0.3, 0.4) is 0 Å². The molecule has 6 nitrogen and oxygen atoms in total. The second-order valence-corrected chi connectivity index (χ2v) is 9.05. The van der Waals surface area contributed by atoms with Gasteiger partial charge in [0.25, 0.3) is 5.91 Å². The molecule has 1 aromatic heterocycles. The Labute approximate surface area is 191 Å². The van der Waals surface area contributed by atoms with Crippen molar-refractivity contribution in [2.24, 2.45) is 5.41 Å². The van der Waals surface area contributed by atoms with Gasteiger partial charge in [-0.05, 0) is 43.0 Å². The maximum atomic E-state index is 12.6. The summed E-state index contributed by atoms with van der Waals surface area (Å²) in [6, 6.07) is 6.86. The van der Waals surface area contributed by atoms with E-state index in [0.29, 0.717) is 40.6 Å². The van der Waals surface area contributed by atoms with Crippen molar-refractivity contribution in [2.45, 2.75) is 37.5 Å². The Morgan fingerprint density at radius 2 is 1.81 bits per heavy atom. The molecular formula is C21H18Cl2F3N3O3. The van der Waals surface area contributed by atoms with Crippen LogP contribution < -0.4 is 15.4 Å². The molecule has 3 aliphatic carbocycles. The van der Waals surface area contributed by atoms with Gasteiger partial charge in [-0.1, -0.05) is 29.3 Å². The van der Waals surface area contributed by atoms with Crippen LogP contribution in [0.1, 0.15) is 30.5 Å². The van der Waals surface area contributed by atoms with Gasteiger partial charge in [0.15, 0.2) is 6.61 Å². The first-order chi connectivity index (χ1) is 15.0. The van der Waals surface area contributed by atoms with Crippen molar-refractivity contribution in [3.05, 3.63) is 57.8 Å². The number of benzene rings is 1. The quantitative estimate of drug-likeness (QED) is 0.614. The summed E-state index contributed by atoms with van der Waals surface area (Å²) in [6.45, 7) is -0.109. The van der Waals surface area contributed by atoms with Gasteiger partial charge in [-0.25, -0.2) is 0 Å². The number of ether oxygens (including phenoxy) is 1. The van der Waals surface area contributed by atoms with Crippen molar-refractivity contribution < 1.29 is 27.5 Å². The molecule has 1 heterocycles. The van der Waals surface area contributed by atoms with E-state index >= 15 is 0 Å². The molecule has 0 unspecified atom stereocenters. The molecule has 2 aromatic rings. The van der Waals surface area contributed by atoms with E-state index in [1.54, 1.807) is 12.1 Å². The summed E-state index contributed by atoms with van der Waals surface area (Å²) in [5.74, 6) is -0.0677. The number of carbonyl (C=O) groups excluding carboxylic acids is 2. The number of nitrogens with zero attached hydrogens (tertiary/aromatic N) is 1. The Balaban J connectivity index is 1.20. The topological polar surface area (TPSA) is 80.3 Å². The standard InChI is InChI=1S/C21H18Cl2F3N3O3/c22-14-3-2-13(5-15(14)23)32-8-17(30)29-20-9-19(10-20,11-20)18(31)28-7-12-1-4-16(27-6-12)21(24,25)26/h1-6H,7-11H2,(H,28,31)(H,29,30). The fourth-order valence-electron chi connectivity index (χ4n) is 4.28. The van der Waals surface area contributed by atoms with E-state index in [9.17, 15) is 22.8 Å². The summed E-state index contributed by atoms with van der Waals surface area (Å²) in [7, 11) is 0. The highest BCUT2D eigenvalue weighted by Gasteiger charge is 2.72. The molecule has 0 atom stereocenters. The van der Waals surface area contributed by atoms with Crippen molar-refractivity contribution in [1.29, 1.82) is 0 Å². The highest BCUT2D eigenvalue weighted by atomic mass is 35.5. The second kappa shape index (κ2) is 8.12. The predicted octanol–water partition coefficient (Wildman–Crippen LogP) is 4.14. The van der Waals surface area contributed by atoms with E-state index < -0.39 is 22.8 Å². The Bertz CT molecular complexity index is 1040. The van der Waals surface area contributed by atoms with E-state index in [0.717, 1.165) is 12.3 Å². The highest BCUT2D eigenvalue weighted by Crippen LogP contribution is 2.67. The van der Waals surface area contributed by atoms with Gasteiger partial charge < -0.3 is 15.4 Å². The molecule has 1 aromatic carbocycles. The minimum Gasteiger partial charge on any atom is -0.484 e. The molecule has 0 saturated heterocycles. The molecule has 5 rings (SSSR count). The zero-order valence-corrected chi connectivity index (χ0v) is 18.1. The highest BCUT2D eigenvalue weighted by molar-refractivity contribution is 6.42. The lowest BCUT2D eigenvalue weighted by molar-refractivity contribution is -0.184. The molecule has 2 amide bonds. The number of nitrogens with one attached hydrogen (secondary N) is 2. The Morgan fingerprint density at radius 3 is 2.41 bits per heavy atom. The fraction of sp³-hybridized carbons (Fsp3) is 0.381. The van der Waals surface area contributed by atoms with Gasteiger partial charge in [0.1, 0.15) is 11.4 Å². The van der Waals surface area contributed by atoms with Gasteiger partial charge in [0.05, 0.1) is 15.5 Å². The first-order valence-electron chi connectivity index (χ1n) is 9.70. The van der Waals surface area contributed by atoms with Gasteiger partial charge in [-0.15, -0.1) is 0 Å². The summed E-state index contributed by atoms with van der Waals surface area (Å²) in [5.41, 5.74) is -1.46. The largest absolute Gasteiger partial charge is 0.484 e. The fourth-order valence-corrected chi connectivity index (χ4v) is 4.56. The number of amides is 2. The summed E-state index contributed by atoms with van der Waals surface area (Å²) in [5, 5.41) is 6.36. The van der Waals surface area contributed by atoms with Crippen molar-refractivity contribution >= 4 is 35.0 Å². The molecule has 0 radical (unpaired) electrons. The van der Waals surface area contributed by atoms with E-state index in [1.807, 2.05) is 0 Å². The zero-order chi connectivity index (χ0) is 23.1. The summed E-state index contributed by atoms with van der Waals surface area (Å²) < 4.78 is 43.1. The van der Waals surface area contributed by atoms with E-state index in [-0.39, 0.29) is 25.0 Å². The van der Waals surface area contributed by atoms with Crippen molar-refractivity contribution in [3.8, 4) is 5.75 Å². The van der Waals surface area contributed by atoms with Gasteiger partial charge in [-0.3, -0.25) is 14.6 Å². The zero-order valence-electron chi connectivity index (χ0n) is 16.6. The van der Waals surface area contributed by atoms with E-state index in [2.05, 4.69) is 15.6 Å². The molecule has 11 heteroatoms. The monoisotopic (exact) mass is 487 g/mol. The maximum Gasteiger partial charge on any atom is 0.433 e. The van der Waals surface area contributed by atoms with Gasteiger partial charge in [0.2, 0.25) is 5.91 Å². The van der Waals surface area contributed by atoms with Crippen LogP contribution in [0.15, 0.2) is 36.5 Å². The van der Waals surface area contributed by atoms with Crippen molar-refractivity contribution in [2.75, 3.05) is 6.61 Å². The van der Waals surface area contributed by atoms with Crippen LogP contribution in [-0.4, -0.2) is 28.9 Å². The first-order valence-corrected chi connectivity index (χ1v) is 10.5. The number of aromatic nitrogens is 1. The van der Waals surface area contributed by atoms with Crippen LogP contribution in [0.4, 0.5) is 13.2 Å². The average molecular weight is 488 g/mol. The maximum absolute atomic E-state index is 12.6.